The van der Waals surface area contributed by atoms with E-state index in [0.29, 0.717) is 22.5 Å². The van der Waals surface area contributed by atoms with Crippen molar-refractivity contribution in [3.63, 3.8) is 0 Å². The van der Waals surface area contributed by atoms with Crippen LogP contribution < -0.4 is 10.6 Å². The van der Waals surface area contributed by atoms with Gasteiger partial charge in [-0.3, -0.25) is 0 Å². The maximum atomic E-state index is 6.22. The lowest BCUT2D eigenvalue weighted by atomic mass is 10.1. The highest BCUT2D eigenvalue weighted by Crippen LogP contribution is 2.32. The van der Waals surface area contributed by atoms with Gasteiger partial charge in [-0.2, -0.15) is 0 Å². The maximum absolute atomic E-state index is 6.22. The Bertz CT molecular complexity index is 614. The Morgan fingerprint density at radius 3 is 2.55 bits per heavy atom. The number of benzene rings is 1. The second-order valence-electron chi connectivity index (χ2n) is 4.77. The Morgan fingerprint density at radius 1 is 1.23 bits per heavy atom. The number of aryl methyl sites for hydroxylation is 2. The SMILES string of the molecule is CC.CCCc1cccc(N(C)c2nc(C)nc(N)c2Cl)c1. The molecule has 0 saturated carbocycles. The number of halogens is 1. The monoisotopic (exact) mass is 320 g/mol. The van der Waals surface area contributed by atoms with Crippen LogP contribution in [0.3, 0.4) is 0 Å². The highest BCUT2D eigenvalue weighted by molar-refractivity contribution is 6.35. The van der Waals surface area contributed by atoms with Crippen LogP contribution in [-0.2, 0) is 6.42 Å². The molecule has 0 bridgehead atoms. The number of hydrogen-bond acceptors (Lipinski definition) is 4. The van der Waals surface area contributed by atoms with Gasteiger partial charge in [-0.25, -0.2) is 9.97 Å². The Hall–Kier alpha value is -1.81. The zero-order valence-electron chi connectivity index (χ0n) is 14.0. The Morgan fingerprint density at radius 2 is 1.91 bits per heavy atom. The number of nitrogen functional groups attached to an aromatic ring is 1. The second kappa shape index (κ2) is 8.59. The van der Waals surface area contributed by atoms with E-state index in [2.05, 4.69) is 29.0 Å². The van der Waals surface area contributed by atoms with E-state index >= 15 is 0 Å². The molecule has 0 spiro atoms. The van der Waals surface area contributed by atoms with Gasteiger partial charge in [0.15, 0.2) is 5.82 Å². The molecule has 4 nitrogen and oxygen atoms in total. The molecule has 2 N–H and O–H groups in total. The fraction of sp³-hybridized carbons (Fsp3) is 0.412. The van der Waals surface area contributed by atoms with E-state index in [1.807, 2.05) is 37.9 Å². The number of rotatable bonds is 4. The summed E-state index contributed by atoms with van der Waals surface area (Å²) < 4.78 is 0. The van der Waals surface area contributed by atoms with E-state index < -0.39 is 0 Å². The van der Waals surface area contributed by atoms with Gasteiger partial charge in [0.1, 0.15) is 16.7 Å². The van der Waals surface area contributed by atoms with E-state index in [-0.39, 0.29) is 0 Å². The smallest absolute Gasteiger partial charge is 0.157 e. The molecule has 0 saturated heterocycles. The van der Waals surface area contributed by atoms with Gasteiger partial charge >= 0.3 is 0 Å². The fourth-order valence-corrected chi connectivity index (χ4v) is 2.33. The van der Waals surface area contributed by atoms with Crippen LogP contribution in [0.2, 0.25) is 5.02 Å². The molecule has 0 atom stereocenters. The van der Waals surface area contributed by atoms with Crippen molar-refractivity contribution in [1.29, 1.82) is 0 Å². The van der Waals surface area contributed by atoms with Gasteiger partial charge in [0.25, 0.3) is 0 Å². The Balaban J connectivity index is 0.00000116. The molecule has 22 heavy (non-hydrogen) atoms. The summed E-state index contributed by atoms with van der Waals surface area (Å²) in [5, 5.41) is 0.388. The molecule has 2 rings (SSSR count). The standard InChI is InChI=1S/C15H19ClN4.C2H6/c1-4-6-11-7-5-8-12(9-11)20(3)15-13(16)14(17)18-10(2)19-15;1-2/h5,7-9H,4,6H2,1-3H3,(H2,17,18,19);1-2H3. The van der Waals surface area contributed by atoms with Crippen LogP contribution in [0.4, 0.5) is 17.3 Å². The summed E-state index contributed by atoms with van der Waals surface area (Å²) in [5.41, 5.74) is 8.14. The first-order chi connectivity index (χ1) is 10.5. The molecular weight excluding hydrogens is 296 g/mol. The summed E-state index contributed by atoms with van der Waals surface area (Å²) >= 11 is 6.22. The predicted molar refractivity (Wildman–Crippen MR) is 96.0 cm³/mol. The maximum Gasteiger partial charge on any atom is 0.157 e. The topological polar surface area (TPSA) is 55.0 Å². The largest absolute Gasteiger partial charge is 0.382 e. The first-order valence-electron chi connectivity index (χ1n) is 7.65. The van der Waals surface area contributed by atoms with Gasteiger partial charge in [0, 0.05) is 12.7 Å². The van der Waals surface area contributed by atoms with E-state index in [1.165, 1.54) is 5.56 Å². The van der Waals surface area contributed by atoms with Gasteiger partial charge in [0.2, 0.25) is 0 Å². The summed E-state index contributed by atoms with van der Waals surface area (Å²) in [5.74, 6) is 1.55. The molecule has 0 unspecified atom stereocenters. The lowest BCUT2D eigenvalue weighted by Crippen LogP contribution is -2.14. The Labute approximate surface area is 138 Å². The van der Waals surface area contributed by atoms with Crippen molar-refractivity contribution < 1.29 is 0 Å². The number of nitrogens with zero attached hydrogens (tertiary/aromatic N) is 3. The zero-order valence-corrected chi connectivity index (χ0v) is 14.8. The molecular formula is C17H25ClN4. The van der Waals surface area contributed by atoms with E-state index in [4.69, 9.17) is 17.3 Å². The van der Waals surface area contributed by atoms with Crippen molar-refractivity contribution in [3.05, 3.63) is 40.7 Å². The molecule has 1 aromatic heterocycles. The van der Waals surface area contributed by atoms with E-state index in [1.54, 1.807) is 6.92 Å². The van der Waals surface area contributed by atoms with Crippen molar-refractivity contribution in [1.82, 2.24) is 9.97 Å². The second-order valence-corrected chi connectivity index (χ2v) is 5.15. The Kier molecular flexibility index (Phi) is 7.12. The minimum absolute atomic E-state index is 0.311. The van der Waals surface area contributed by atoms with Crippen LogP contribution in [0.5, 0.6) is 0 Å². The summed E-state index contributed by atoms with van der Waals surface area (Å²) in [6.45, 7) is 7.97. The molecule has 0 aliphatic carbocycles. The van der Waals surface area contributed by atoms with Crippen LogP contribution >= 0.6 is 11.6 Å². The highest BCUT2D eigenvalue weighted by Gasteiger charge is 2.14. The van der Waals surface area contributed by atoms with Crippen molar-refractivity contribution >= 4 is 28.9 Å². The number of anilines is 3. The average Bonchev–Trinajstić information content (AvgIpc) is 2.53. The third-order valence-corrected chi connectivity index (χ3v) is 3.49. The molecule has 0 amide bonds. The third-order valence-electron chi connectivity index (χ3n) is 3.13. The van der Waals surface area contributed by atoms with Crippen molar-refractivity contribution in [3.8, 4) is 0 Å². The van der Waals surface area contributed by atoms with Crippen LogP contribution in [0.25, 0.3) is 0 Å². The molecule has 5 heteroatoms. The fourth-order valence-electron chi connectivity index (χ4n) is 2.12. The average molecular weight is 321 g/mol. The predicted octanol–water partition coefficient (Wildman–Crippen LogP) is 4.77. The van der Waals surface area contributed by atoms with Crippen LogP contribution in [-0.4, -0.2) is 17.0 Å². The van der Waals surface area contributed by atoms with Crippen molar-refractivity contribution in [2.75, 3.05) is 17.7 Å². The van der Waals surface area contributed by atoms with Crippen LogP contribution in [0, 0.1) is 6.92 Å². The van der Waals surface area contributed by atoms with Gasteiger partial charge in [0.05, 0.1) is 0 Å². The molecule has 0 radical (unpaired) electrons. The molecule has 1 heterocycles. The van der Waals surface area contributed by atoms with Gasteiger partial charge < -0.3 is 10.6 Å². The summed E-state index contributed by atoms with van der Waals surface area (Å²) in [7, 11) is 1.93. The normalized spacial score (nSPS) is 9.91. The number of hydrogen-bond donors (Lipinski definition) is 1. The summed E-state index contributed by atoms with van der Waals surface area (Å²) in [6, 6.07) is 8.35. The molecule has 0 aliphatic rings. The van der Waals surface area contributed by atoms with Crippen molar-refractivity contribution in [2.24, 2.45) is 0 Å². The van der Waals surface area contributed by atoms with Crippen LogP contribution in [0.15, 0.2) is 24.3 Å². The molecule has 120 valence electrons. The van der Waals surface area contributed by atoms with E-state index in [0.717, 1.165) is 18.5 Å². The lowest BCUT2D eigenvalue weighted by Gasteiger charge is -2.21. The minimum Gasteiger partial charge on any atom is -0.382 e. The lowest BCUT2D eigenvalue weighted by molar-refractivity contribution is 0.920. The van der Waals surface area contributed by atoms with E-state index in [9.17, 15) is 0 Å². The number of nitrogens with two attached hydrogens (primary N) is 1. The first kappa shape index (κ1) is 18.2. The summed E-state index contributed by atoms with van der Waals surface area (Å²) in [6.07, 6.45) is 2.17. The quantitative estimate of drug-likeness (QED) is 0.881. The minimum atomic E-state index is 0.311. The van der Waals surface area contributed by atoms with Gasteiger partial charge in [-0.15, -0.1) is 0 Å². The third kappa shape index (κ3) is 4.34. The molecule has 1 aromatic carbocycles. The molecule has 2 aromatic rings. The van der Waals surface area contributed by atoms with Gasteiger partial charge in [-0.1, -0.05) is 50.9 Å². The zero-order chi connectivity index (χ0) is 16.7. The van der Waals surface area contributed by atoms with Crippen molar-refractivity contribution in [2.45, 2.75) is 40.5 Å². The van der Waals surface area contributed by atoms with Crippen LogP contribution in [0.1, 0.15) is 38.6 Å². The number of aromatic nitrogens is 2. The summed E-state index contributed by atoms with van der Waals surface area (Å²) in [4.78, 5) is 10.4. The van der Waals surface area contributed by atoms with Gasteiger partial charge in [-0.05, 0) is 31.0 Å². The first-order valence-corrected chi connectivity index (χ1v) is 8.03. The molecule has 0 fully saturated rings. The molecule has 0 aliphatic heterocycles. The highest BCUT2D eigenvalue weighted by atomic mass is 35.5.